The molecule has 7 nitrogen and oxygen atoms in total. The van der Waals surface area contributed by atoms with Gasteiger partial charge in [-0.1, -0.05) is 17.7 Å². The predicted molar refractivity (Wildman–Crippen MR) is 117 cm³/mol. The molecule has 0 bridgehead atoms. The predicted octanol–water partition coefficient (Wildman–Crippen LogP) is 3.71. The SMILES string of the molecule is Cc1ccc(C(=O)N2CCN(c3cnn(-c4ccc(C(F)(F)F)cn4)c(=O)c3Cl)CC2)cc1F. The highest BCUT2D eigenvalue weighted by Gasteiger charge is 2.31. The van der Waals surface area contributed by atoms with Gasteiger partial charge in [0.05, 0.1) is 17.4 Å². The lowest BCUT2D eigenvalue weighted by molar-refractivity contribution is -0.137. The second-order valence-corrected chi connectivity index (χ2v) is 8.08. The Morgan fingerprint density at radius 2 is 1.76 bits per heavy atom. The Hall–Kier alpha value is -3.47. The number of halogens is 5. The molecule has 1 aliphatic rings. The number of nitrogens with zero attached hydrogens (tertiary/aromatic N) is 5. The zero-order valence-corrected chi connectivity index (χ0v) is 18.6. The Morgan fingerprint density at radius 1 is 1.06 bits per heavy atom. The minimum Gasteiger partial charge on any atom is -0.365 e. The Morgan fingerprint density at radius 3 is 2.35 bits per heavy atom. The molecule has 1 amide bonds. The molecular weight excluding hydrogens is 478 g/mol. The molecule has 3 aromatic rings. The minimum absolute atomic E-state index is 0.104. The summed E-state index contributed by atoms with van der Waals surface area (Å²) in [5.74, 6) is -0.857. The number of hydrogen-bond acceptors (Lipinski definition) is 5. The molecule has 178 valence electrons. The molecule has 0 aliphatic carbocycles. The molecule has 3 heterocycles. The maximum absolute atomic E-state index is 13.8. The lowest BCUT2D eigenvalue weighted by Gasteiger charge is -2.36. The molecule has 4 rings (SSSR count). The molecule has 0 radical (unpaired) electrons. The standard InChI is InChI=1S/C22H18ClF4N5O2/c1-13-2-3-14(10-16(13)24)20(33)31-8-6-30(7-9-31)17-12-29-32(21(34)19(17)23)18-5-4-15(11-28-18)22(25,26)27/h2-5,10-12H,6-9H2,1H3. The fourth-order valence-electron chi connectivity index (χ4n) is 3.55. The number of carbonyl (C=O) groups is 1. The highest BCUT2D eigenvalue weighted by molar-refractivity contribution is 6.33. The quantitative estimate of drug-likeness (QED) is 0.518. The molecule has 1 fully saturated rings. The average molecular weight is 496 g/mol. The van der Waals surface area contributed by atoms with Crippen molar-refractivity contribution in [3.63, 3.8) is 0 Å². The average Bonchev–Trinajstić information content (AvgIpc) is 2.82. The minimum atomic E-state index is -4.55. The second kappa shape index (κ2) is 9.05. The largest absolute Gasteiger partial charge is 0.417 e. The van der Waals surface area contributed by atoms with E-state index in [1.807, 2.05) is 0 Å². The summed E-state index contributed by atoms with van der Waals surface area (Å²) >= 11 is 6.27. The van der Waals surface area contributed by atoms with Gasteiger partial charge in [-0.2, -0.15) is 23.0 Å². The Bertz CT molecular complexity index is 1290. The molecule has 0 N–H and O–H groups in total. The van der Waals surface area contributed by atoms with E-state index in [1.165, 1.54) is 12.3 Å². The zero-order chi connectivity index (χ0) is 24.6. The van der Waals surface area contributed by atoms with E-state index in [0.29, 0.717) is 43.6 Å². The van der Waals surface area contributed by atoms with Gasteiger partial charge >= 0.3 is 6.18 Å². The molecule has 1 aromatic carbocycles. The number of pyridine rings is 1. The summed E-state index contributed by atoms with van der Waals surface area (Å²) in [7, 11) is 0. The van der Waals surface area contributed by atoms with E-state index < -0.39 is 23.1 Å². The van der Waals surface area contributed by atoms with Crippen LogP contribution < -0.4 is 10.5 Å². The maximum Gasteiger partial charge on any atom is 0.417 e. The summed E-state index contributed by atoms with van der Waals surface area (Å²) in [6.45, 7) is 2.94. The summed E-state index contributed by atoms with van der Waals surface area (Å²) in [5, 5.41) is 3.84. The number of amides is 1. The summed E-state index contributed by atoms with van der Waals surface area (Å²) in [6, 6.07) is 6.16. The summed E-state index contributed by atoms with van der Waals surface area (Å²) in [4.78, 5) is 32.4. The van der Waals surface area contributed by atoms with Crippen LogP contribution in [0.3, 0.4) is 0 Å². The van der Waals surface area contributed by atoms with Gasteiger partial charge in [0, 0.05) is 37.9 Å². The Labute approximate surface area is 196 Å². The van der Waals surface area contributed by atoms with Crippen LogP contribution in [0.25, 0.3) is 5.82 Å². The third-order valence-corrected chi connectivity index (χ3v) is 5.87. The van der Waals surface area contributed by atoms with Crippen molar-refractivity contribution in [1.82, 2.24) is 19.7 Å². The number of piperazine rings is 1. The van der Waals surface area contributed by atoms with E-state index in [2.05, 4.69) is 10.1 Å². The third kappa shape index (κ3) is 4.60. The fourth-order valence-corrected chi connectivity index (χ4v) is 3.79. The number of benzene rings is 1. The molecule has 0 unspecified atom stereocenters. The van der Waals surface area contributed by atoms with Crippen LogP contribution in [0, 0.1) is 12.7 Å². The lowest BCUT2D eigenvalue weighted by atomic mass is 10.1. The van der Waals surface area contributed by atoms with Gasteiger partial charge in [-0.05, 0) is 36.8 Å². The lowest BCUT2D eigenvalue weighted by Crippen LogP contribution is -2.49. The van der Waals surface area contributed by atoms with Crippen LogP contribution in [-0.2, 0) is 6.18 Å². The summed E-state index contributed by atoms with van der Waals surface area (Å²) in [6.07, 6.45) is -2.61. The molecule has 0 atom stereocenters. The van der Waals surface area contributed by atoms with Crippen molar-refractivity contribution in [3.05, 3.63) is 80.6 Å². The molecule has 12 heteroatoms. The van der Waals surface area contributed by atoms with Crippen LogP contribution in [0.15, 0.2) is 47.5 Å². The number of anilines is 1. The molecule has 34 heavy (non-hydrogen) atoms. The van der Waals surface area contributed by atoms with Gasteiger partial charge in [-0.25, -0.2) is 9.37 Å². The zero-order valence-electron chi connectivity index (χ0n) is 17.8. The van der Waals surface area contributed by atoms with Crippen molar-refractivity contribution < 1.29 is 22.4 Å². The van der Waals surface area contributed by atoms with Crippen LogP contribution in [0.2, 0.25) is 5.02 Å². The van der Waals surface area contributed by atoms with Crippen LogP contribution >= 0.6 is 11.6 Å². The normalized spacial score (nSPS) is 14.4. The smallest absolute Gasteiger partial charge is 0.365 e. The van der Waals surface area contributed by atoms with E-state index in [4.69, 9.17) is 11.6 Å². The molecule has 1 aliphatic heterocycles. The van der Waals surface area contributed by atoms with Crippen molar-refractivity contribution >= 4 is 23.2 Å². The van der Waals surface area contributed by atoms with Crippen LogP contribution in [-0.4, -0.2) is 51.8 Å². The van der Waals surface area contributed by atoms with Gasteiger partial charge in [0.1, 0.15) is 10.8 Å². The van der Waals surface area contributed by atoms with Crippen LogP contribution in [0.5, 0.6) is 0 Å². The van der Waals surface area contributed by atoms with E-state index in [-0.39, 0.29) is 22.3 Å². The second-order valence-electron chi connectivity index (χ2n) is 7.71. The third-order valence-electron chi connectivity index (χ3n) is 5.52. The molecule has 0 spiro atoms. The fraction of sp³-hybridized carbons (Fsp3) is 0.273. The number of carbonyl (C=O) groups excluding carboxylic acids is 1. The first-order chi connectivity index (χ1) is 16.1. The molecular formula is C22H18ClF4N5O2. The van der Waals surface area contributed by atoms with Gasteiger partial charge in [-0.3, -0.25) is 9.59 Å². The first-order valence-electron chi connectivity index (χ1n) is 10.2. The van der Waals surface area contributed by atoms with E-state index in [1.54, 1.807) is 28.9 Å². The van der Waals surface area contributed by atoms with Crippen LogP contribution in [0.4, 0.5) is 23.2 Å². The number of aryl methyl sites for hydroxylation is 1. The van der Waals surface area contributed by atoms with Crippen molar-refractivity contribution in [2.75, 3.05) is 31.1 Å². The van der Waals surface area contributed by atoms with Crippen LogP contribution in [0.1, 0.15) is 21.5 Å². The number of hydrogen-bond donors (Lipinski definition) is 0. The van der Waals surface area contributed by atoms with E-state index in [9.17, 15) is 27.2 Å². The van der Waals surface area contributed by atoms with Gasteiger partial charge in [-0.15, -0.1) is 0 Å². The van der Waals surface area contributed by atoms with Crippen molar-refractivity contribution in [2.24, 2.45) is 0 Å². The summed E-state index contributed by atoms with van der Waals surface area (Å²) in [5.41, 5.74) is -0.649. The van der Waals surface area contributed by atoms with Gasteiger partial charge in [0.25, 0.3) is 11.5 Å². The van der Waals surface area contributed by atoms with Crippen molar-refractivity contribution in [3.8, 4) is 5.82 Å². The van der Waals surface area contributed by atoms with Gasteiger partial charge in [0.2, 0.25) is 0 Å². The Balaban J connectivity index is 1.48. The van der Waals surface area contributed by atoms with Gasteiger partial charge in [0.15, 0.2) is 5.82 Å². The van der Waals surface area contributed by atoms with Gasteiger partial charge < -0.3 is 9.80 Å². The number of alkyl halides is 3. The first kappa shape index (κ1) is 23.7. The summed E-state index contributed by atoms with van der Waals surface area (Å²) < 4.78 is 52.8. The van der Waals surface area contributed by atoms with Crippen molar-refractivity contribution in [1.29, 1.82) is 0 Å². The highest BCUT2D eigenvalue weighted by atomic mass is 35.5. The topological polar surface area (TPSA) is 71.3 Å². The number of rotatable bonds is 3. The molecule has 1 saturated heterocycles. The van der Waals surface area contributed by atoms with Crippen molar-refractivity contribution in [2.45, 2.75) is 13.1 Å². The Kier molecular flexibility index (Phi) is 6.30. The molecule has 0 saturated carbocycles. The maximum atomic E-state index is 13.8. The monoisotopic (exact) mass is 495 g/mol. The van der Waals surface area contributed by atoms with E-state index in [0.717, 1.165) is 16.8 Å². The number of aromatic nitrogens is 3. The first-order valence-corrected chi connectivity index (χ1v) is 10.6. The highest BCUT2D eigenvalue weighted by Crippen LogP contribution is 2.29. The molecule has 2 aromatic heterocycles. The van der Waals surface area contributed by atoms with E-state index >= 15 is 0 Å².